The van der Waals surface area contributed by atoms with Gasteiger partial charge in [0.2, 0.25) is 5.91 Å². The molecule has 0 fully saturated rings. The van der Waals surface area contributed by atoms with Crippen LogP contribution in [0.2, 0.25) is 0 Å². The number of aromatic nitrogens is 2. The predicted octanol–water partition coefficient (Wildman–Crippen LogP) is 0.552. The predicted molar refractivity (Wildman–Crippen MR) is 61.3 cm³/mol. The summed E-state index contributed by atoms with van der Waals surface area (Å²) >= 11 is 0. The Kier molecular flexibility index (Phi) is 4.25. The first-order valence-electron chi connectivity index (χ1n) is 5.35. The minimum Gasteiger partial charge on any atom is -0.481 e. The van der Waals surface area contributed by atoms with Crippen molar-refractivity contribution < 1.29 is 14.7 Å². The second kappa shape index (κ2) is 5.47. The van der Waals surface area contributed by atoms with Crippen LogP contribution in [0.5, 0.6) is 0 Å². The van der Waals surface area contributed by atoms with E-state index in [1.807, 2.05) is 20.2 Å². The molecule has 0 aliphatic heterocycles. The smallest absolute Gasteiger partial charge is 0.303 e. The molecule has 0 unspecified atom stereocenters. The van der Waals surface area contributed by atoms with E-state index in [0.717, 1.165) is 11.3 Å². The molecule has 6 heteroatoms. The van der Waals surface area contributed by atoms with Crippen molar-refractivity contribution in [2.24, 2.45) is 7.05 Å². The van der Waals surface area contributed by atoms with Crippen LogP contribution in [0, 0.1) is 6.92 Å². The van der Waals surface area contributed by atoms with Crippen molar-refractivity contribution in [1.29, 1.82) is 0 Å². The molecule has 1 N–H and O–H groups in total. The van der Waals surface area contributed by atoms with E-state index < -0.39 is 5.97 Å². The van der Waals surface area contributed by atoms with Crippen LogP contribution in [-0.4, -0.2) is 38.7 Å². The highest BCUT2D eigenvalue weighted by Crippen LogP contribution is 2.08. The van der Waals surface area contributed by atoms with Crippen LogP contribution < -0.4 is 0 Å². The Hall–Kier alpha value is -1.85. The maximum Gasteiger partial charge on any atom is 0.303 e. The quantitative estimate of drug-likeness (QED) is 0.814. The number of nitrogens with zero attached hydrogens (tertiary/aromatic N) is 3. The average Bonchev–Trinajstić information content (AvgIpc) is 2.53. The maximum atomic E-state index is 11.6. The lowest BCUT2D eigenvalue weighted by Gasteiger charge is -2.16. The molecule has 0 atom stereocenters. The molecule has 0 spiro atoms. The first kappa shape index (κ1) is 13.2. The molecule has 0 bridgehead atoms. The number of hydrogen-bond donors (Lipinski definition) is 1. The van der Waals surface area contributed by atoms with Gasteiger partial charge < -0.3 is 10.0 Å². The van der Waals surface area contributed by atoms with Gasteiger partial charge in [-0.25, -0.2) is 0 Å². The van der Waals surface area contributed by atoms with E-state index in [-0.39, 0.29) is 18.7 Å². The molecule has 94 valence electrons. The van der Waals surface area contributed by atoms with Gasteiger partial charge in [0.25, 0.3) is 0 Å². The summed E-state index contributed by atoms with van der Waals surface area (Å²) < 4.78 is 1.69. The van der Waals surface area contributed by atoms with Crippen LogP contribution in [0.1, 0.15) is 24.1 Å². The molecule has 17 heavy (non-hydrogen) atoms. The summed E-state index contributed by atoms with van der Waals surface area (Å²) in [6.07, 6.45) is 1.76. The van der Waals surface area contributed by atoms with Gasteiger partial charge in [0.15, 0.2) is 0 Å². The molecule has 1 aromatic rings. The minimum absolute atomic E-state index is 0.0329. The van der Waals surface area contributed by atoms with Gasteiger partial charge in [-0.3, -0.25) is 14.3 Å². The monoisotopic (exact) mass is 239 g/mol. The Morgan fingerprint density at radius 2 is 2.12 bits per heavy atom. The number of carbonyl (C=O) groups is 2. The van der Waals surface area contributed by atoms with Gasteiger partial charge in [-0.1, -0.05) is 0 Å². The summed E-state index contributed by atoms with van der Waals surface area (Å²) in [6, 6.07) is 0. The average molecular weight is 239 g/mol. The topological polar surface area (TPSA) is 75.4 Å². The van der Waals surface area contributed by atoms with E-state index >= 15 is 0 Å². The number of carboxylic acid groups (broad SMARTS) is 1. The van der Waals surface area contributed by atoms with Crippen molar-refractivity contribution in [2.45, 2.75) is 26.3 Å². The number of carbonyl (C=O) groups excluding carboxylic acids is 1. The van der Waals surface area contributed by atoms with Gasteiger partial charge in [0.1, 0.15) is 0 Å². The Balaban J connectivity index is 2.54. The van der Waals surface area contributed by atoms with Gasteiger partial charge >= 0.3 is 5.97 Å². The zero-order valence-electron chi connectivity index (χ0n) is 10.3. The molecule has 0 aromatic carbocycles. The number of hydrogen-bond acceptors (Lipinski definition) is 3. The first-order valence-corrected chi connectivity index (χ1v) is 5.35. The third kappa shape index (κ3) is 3.90. The van der Waals surface area contributed by atoms with E-state index in [1.165, 1.54) is 4.90 Å². The van der Waals surface area contributed by atoms with Crippen LogP contribution in [0.3, 0.4) is 0 Å². The van der Waals surface area contributed by atoms with Gasteiger partial charge in [0, 0.05) is 38.8 Å². The molecule has 1 amide bonds. The number of amides is 1. The van der Waals surface area contributed by atoms with Crippen molar-refractivity contribution in [3.05, 3.63) is 17.5 Å². The highest BCUT2D eigenvalue weighted by atomic mass is 16.4. The van der Waals surface area contributed by atoms with Crippen molar-refractivity contribution in [3.63, 3.8) is 0 Å². The van der Waals surface area contributed by atoms with Gasteiger partial charge in [-0.15, -0.1) is 0 Å². The van der Waals surface area contributed by atoms with Crippen LogP contribution in [0.4, 0.5) is 0 Å². The van der Waals surface area contributed by atoms with E-state index in [1.54, 1.807) is 11.7 Å². The van der Waals surface area contributed by atoms with Crippen LogP contribution in [-0.2, 0) is 23.2 Å². The molecule has 0 radical (unpaired) electrons. The van der Waals surface area contributed by atoms with Crippen LogP contribution in [0.15, 0.2) is 6.20 Å². The summed E-state index contributed by atoms with van der Waals surface area (Å²) in [5.74, 6) is -1.13. The molecular weight excluding hydrogens is 222 g/mol. The Morgan fingerprint density at radius 3 is 2.59 bits per heavy atom. The molecule has 0 aliphatic rings. The van der Waals surface area contributed by atoms with Crippen LogP contribution in [0.25, 0.3) is 0 Å². The fourth-order valence-corrected chi connectivity index (χ4v) is 1.55. The zero-order chi connectivity index (χ0) is 13.0. The van der Waals surface area contributed by atoms with Gasteiger partial charge in [0.05, 0.1) is 12.1 Å². The summed E-state index contributed by atoms with van der Waals surface area (Å²) in [6.45, 7) is 2.34. The molecule has 0 saturated carbocycles. The fourth-order valence-electron chi connectivity index (χ4n) is 1.55. The van der Waals surface area contributed by atoms with Gasteiger partial charge in [-0.05, 0) is 6.92 Å². The summed E-state index contributed by atoms with van der Waals surface area (Å²) in [7, 11) is 3.49. The number of aryl methyl sites for hydroxylation is 2. The molecular formula is C11H17N3O3. The summed E-state index contributed by atoms with van der Waals surface area (Å²) in [4.78, 5) is 23.5. The van der Waals surface area contributed by atoms with E-state index in [0.29, 0.717) is 6.54 Å². The summed E-state index contributed by atoms with van der Waals surface area (Å²) in [5.41, 5.74) is 1.85. The lowest BCUT2D eigenvalue weighted by Crippen LogP contribution is -2.26. The molecule has 1 aromatic heterocycles. The molecule has 6 nitrogen and oxygen atoms in total. The van der Waals surface area contributed by atoms with E-state index in [4.69, 9.17) is 5.11 Å². The van der Waals surface area contributed by atoms with E-state index in [2.05, 4.69) is 5.10 Å². The Morgan fingerprint density at radius 1 is 1.47 bits per heavy atom. The molecule has 1 heterocycles. The minimum atomic E-state index is -0.954. The Labute approximate surface area is 99.8 Å². The fraction of sp³-hybridized carbons (Fsp3) is 0.545. The normalized spacial score (nSPS) is 10.3. The highest BCUT2D eigenvalue weighted by Gasteiger charge is 2.13. The number of carboxylic acids is 1. The third-order valence-electron chi connectivity index (χ3n) is 2.50. The van der Waals surface area contributed by atoms with Crippen LogP contribution >= 0.6 is 0 Å². The van der Waals surface area contributed by atoms with Crippen molar-refractivity contribution in [1.82, 2.24) is 14.7 Å². The standard InChI is InChI=1S/C11H17N3O3/c1-8-9(7-14(3)12-8)6-13(2)10(15)4-5-11(16)17/h7H,4-6H2,1-3H3,(H,16,17). The lowest BCUT2D eigenvalue weighted by atomic mass is 10.2. The molecule has 0 saturated heterocycles. The number of rotatable bonds is 5. The maximum absolute atomic E-state index is 11.6. The van der Waals surface area contributed by atoms with E-state index in [9.17, 15) is 9.59 Å². The first-order chi connectivity index (χ1) is 7.90. The van der Waals surface area contributed by atoms with Crippen molar-refractivity contribution in [2.75, 3.05) is 7.05 Å². The largest absolute Gasteiger partial charge is 0.481 e. The summed E-state index contributed by atoms with van der Waals surface area (Å²) in [5, 5.41) is 12.7. The SMILES string of the molecule is Cc1nn(C)cc1CN(C)C(=O)CCC(=O)O. The highest BCUT2D eigenvalue weighted by molar-refractivity contribution is 5.80. The number of aliphatic carboxylic acids is 1. The molecule has 0 aliphatic carbocycles. The molecule has 1 rings (SSSR count). The van der Waals surface area contributed by atoms with Gasteiger partial charge in [-0.2, -0.15) is 5.10 Å². The lowest BCUT2D eigenvalue weighted by molar-refractivity contribution is -0.140. The second-order valence-corrected chi connectivity index (χ2v) is 4.06. The zero-order valence-corrected chi connectivity index (χ0v) is 10.3. The van der Waals surface area contributed by atoms with Crippen molar-refractivity contribution in [3.8, 4) is 0 Å². The van der Waals surface area contributed by atoms with Crippen molar-refractivity contribution >= 4 is 11.9 Å². The Bertz CT molecular complexity index is 426. The third-order valence-corrected chi connectivity index (χ3v) is 2.50. The second-order valence-electron chi connectivity index (χ2n) is 4.06.